The first kappa shape index (κ1) is 20.8. The smallest absolute Gasteiger partial charge is 0.288 e. The van der Waals surface area contributed by atoms with Gasteiger partial charge in [-0.25, -0.2) is 4.98 Å². The van der Waals surface area contributed by atoms with E-state index in [2.05, 4.69) is 37.1 Å². The third kappa shape index (κ3) is 6.30. The van der Waals surface area contributed by atoms with E-state index in [1.54, 1.807) is 30.3 Å². The predicted octanol–water partition coefficient (Wildman–Crippen LogP) is 3.13. The number of fused-ring (bicyclic) bond motifs is 1. The Morgan fingerprint density at radius 2 is 1.69 bits per heavy atom. The summed E-state index contributed by atoms with van der Waals surface area (Å²) in [5, 5.41) is 3.67. The molecule has 0 atom stereocenters. The van der Waals surface area contributed by atoms with E-state index >= 15 is 0 Å². The summed E-state index contributed by atoms with van der Waals surface area (Å²) in [5.74, 6) is -1.01. The third-order valence-electron chi connectivity index (χ3n) is 3.72. The SMILES string of the molecule is O=C(CSCC(=O)Nc1cccc(Br)c1)NNC(=O)c1ccc2ccccc2n1. The van der Waals surface area contributed by atoms with Crippen molar-refractivity contribution in [3.05, 3.63) is 70.8 Å². The zero-order valence-electron chi connectivity index (χ0n) is 15.1. The fourth-order valence-corrected chi connectivity index (χ4v) is 3.44. The number of hydrazine groups is 1. The van der Waals surface area contributed by atoms with Gasteiger partial charge in [-0.2, -0.15) is 0 Å². The largest absolute Gasteiger partial charge is 0.325 e. The minimum absolute atomic E-state index is 0.0251. The van der Waals surface area contributed by atoms with Crippen LogP contribution in [0.5, 0.6) is 0 Å². The van der Waals surface area contributed by atoms with Gasteiger partial charge in [0.1, 0.15) is 5.69 Å². The number of halogens is 1. The van der Waals surface area contributed by atoms with Crippen LogP contribution in [-0.4, -0.2) is 34.2 Å². The number of anilines is 1. The second-order valence-electron chi connectivity index (χ2n) is 5.94. The number of benzene rings is 2. The van der Waals surface area contributed by atoms with Crippen molar-refractivity contribution >= 4 is 62.0 Å². The molecule has 0 fully saturated rings. The molecule has 1 heterocycles. The van der Waals surface area contributed by atoms with Crippen molar-refractivity contribution in [2.24, 2.45) is 0 Å². The number of nitrogens with one attached hydrogen (secondary N) is 3. The Labute approximate surface area is 179 Å². The molecule has 3 aromatic rings. The molecule has 3 amide bonds. The number of hydrogen-bond donors (Lipinski definition) is 3. The van der Waals surface area contributed by atoms with E-state index < -0.39 is 11.8 Å². The molecule has 7 nitrogen and oxygen atoms in total. The maximum absolute atomic E-state index is 12.1. The average molecular weight is 473 g/mol. The average Bonchev–Trinajstić information content (AvgIpc) is 2.71. The van der Waals surface area contributed by atoms with Gasteiger partial charge in [0.15, 0.2) is 0 Å². The molecule has 0 unspecified atom stereocenters. The summed E-state index contributed by atoms with van der Waals surface area (Å²) in [6, 6.07) is 18.0. The number of pyridine rings is 1. The summed E-state index contributed by atoms with van der Waals surface area (Å²) in [5.41, 5.74) is 6.21. The second kappa shape index (κ2) is 10.0. The number of amides is 3. The molecule has 0 radical (unpaired) electrons. The van der Waals surface area contributed by atoms with Crippen LogP contribution in [-0.2, 0) is 9.59 Å². The Morgan fingerprint density at radius 1 is 0.897 bits per heavy atom. The maximum atomic E-state index is 12.1. The summed E-state index contributed by atoms with van der Waals surface area (Å²) in [6.07, 6.45) is 0. The van der Waals surface area contributed by atoms with Crippen molar-refractivity contribution < 1.29 is 14.4 Å². The first-order valence-corrected chi connectivity index (χ1v) is 10.5. The van der Waals surface area contributed by atoms with E-state index in [9.17, 15) is 14.4 Å². The highest BCUT2D eigenvalue weighted by Gasteiger charge is 2.10. The molecule has 0 bridgehead atoms. The topological polar surface area (TPSA) is 100 Å². The molecule has 0 aliphatic heterocycles. The minimum Gasteiger partial charge on any atom is -0.325 e. The Morgan fingerprint density at radius 3 is 2.52 bits per heavy atom. The van der Waals surface area contributed by atoms with Crippen molar-refractivity contribution in [2.75, 3.05) is 16.8 Å². The van der Waals surface area contributed by atoms with Gasteiger partial charge in [-0.05, 0) is 30.3 Å². The van der Waals surface area contributed by atoms with Gasteiger partial charge in [-0.1, -0.05) is 46.3 Å². The number of carbonyl (C=O) groups excluding carboxylic acids is 3. The van der Waals surface area contributed by atoms with Gasteiger partial charge in [-0.3, -0.25) is 25.2 Å². The fourth-order valence-electron chi connectivity index (χ4n) is 2.42. The van der Waals surface area contributed by atoms with Gasteiger partial charge in [-0.15, -0.1) is 11.8 Å². The first-order valence-electron chi connectivity index (χ1n) is 8.59. The van der Waals surface area contributed by atoms with Crippen molar-refractivity contribution in [1.82, 2.24) is 15.8 Å². The fraction of sp³-hybridized carbons (Fsp3) is 0.100. The lowest BCUT2D eigenvalue weighted by Gasteiger charge is -2.08. The van der Waals surface area contributed by atoms with Crippen molar-refractivity contribution in [1.29, 1.82) is 0 Å². The molecule has 0 aliphatic rings. The van der Waals surface area contributed by atoms with Gasteiger partial charge in [0.2, 0.25) is 11.8 Å². The Balaban J connectivity index is 1.40. The quantitative estimate of drug-likeness (QED) is 0.478. The number of nitrogens with zero attached hydrogens (tertiary/aromatic N) is 1. The van der Waals surface area contributed by atoms with Crippen LogP contribution in [0.25, 0.3) is 10.9 Å². The predicted molar refractivity (Wildman–Crippen MR) is 117 cm³/mol. The summed E-state index contributed by atoms with van der Waals surface area (Å²) in [4.78, 5) is 40.2. The standard InChI is InChI=1S/C20H17BrN4O3S/c21-14-5-3-6-15(10-14)22-18(26)11-29-12-19(27)24-25-20(28)17-9-8-13-4-1-2-7-16(13)23-17/h1-10H,11-12H2,(H,22,26)(H,24,27)(H,25,28). The van der Waals surface area contributed by atoms with Crippen LogP contribution >= 0.6 is 27.7 Å². The van der Waals surface area contributed by atoms with E-state index in [1.807, 2.05) is 30.3 Å². The minimum atomic E-state index is -0.512. The molecule has 2 aromatic carbocycles. The summed E-state index contributed by atoms with van der Waals surface area (Å²) in [7, 11) is 0. The lowest BCUT2D eigenvalue weighted by atomic mass is 10.2. The number of carbonyl (C=O) groups is 3. The molecule has 148 valence electrons. The molecular formula is C20H17BrN4O3S. The molecule has 0 spiro atoms. The van der Waals surface area contributed by atoms with Crippen molar-refractivity contribution in [3.8, 4) is 0 Å². The molecule has 0 saturated heterocycles. The van der Waals surface area contributed by atoms with E-state index in [0.717, 1.165) is 21.6 Å². The van der Waals surface area contributed by atoms with Crippen molar-refractivity contribution in [2.45, 2.75) is 0 Å². The Hall–Kier alpha value is -2.91. The van der Waals surface area contributed by atoms with Gasteiger partial charge < -0.3 is 5.32 Å². The Bertz CT molecular complexity index is 1060. The molecule has 3 rings (SSSR count). The van der Waals surface area contributed by atoms with Crippen molar-refractivity contribution in [3.63, 3.8) is 0 Å². The number of aromatic nitrogens is 1. The Kier molecular flexibility index (Phi) is 7.20. The number of rotatable bonds is 6. The highest BCUT2D eigenvalue weighted by atomic mass is 79.9. The van der Waals surface area contributed by atoms with E-state index in [4.69, 9.17) is 0 Å². The monoisotopic (exact) mass is 472 g/mol. The summed E-state index contributed by atoms with van der Waals surface area (Å²) in [6.45, 7) is 0. The number of thioether (sulfide) groups is 1. The number of para-hydroxylation sites is 1. The molecule has 9 heteroatoms. The summed E-state index contributed by atoms with van der Waals surface area (Å²) >= 11 is 4.47. The highest BCUT2D eigenvalue weighted by molar-refractivity contribution is 9.10. The van der Waals surface area contributed by atoms with Crippen LogP contribution in [0, 0.1) is 0 Å². The molecule has 0 aliphatic carbocycles. The van der Waals surface area contributed by atoms with E-state index in [0.29, 0.717) is 11.2 Å². The lowest BCUT2D eigenvalue weighted by molar-refractivity contribution is -0.119. The zero-order chi connectivity index (χ0) is 20.6. The second-order valence-corrected chi connectivity index (χ2v) is 7.84. The normalized spacial score (nSPS) is 10.4. The van der Waals surface area contributed by atoms with Crippen LogP contribution < -0.4 is 16.2 Å². The van der Waals surface area contributed by atoms with Gasteiger partial charge in [0.25, 0.3) is 5.91 Å². The maximum Gasteiger partial charge on any atom is 0.288 e. The number of hydrogen-bond acceptors (Lipinski definition) is 5. The van der Waals surface area contributed by atoms with E-state index in [-0.39, 0.29) is 23.1 Å². The van der Waals surface area contributed by atoms with Crippen LogP contribution in [0.3, 0.4) is 0 Å². The first-order chi connectivity index (χ1) is 14.0. The molecule has 29 heavy (non-hydrogen) atoms. The van der Waals surface area contributed by atoms with Crippen LogP contribution in [0.2, 0.25) is 0 Å². The van der Waals surface area contributed by atoms with Crippen LogP contribution in [0.15, 0.2) is 65.1 Å². The third-order valence-corrected chi connectivity index (χ3v) is 5.15. The lowest BCUT2D eigenvalue weighted by Crippen LogP contribution is -2.42. The van der Waals surface area contributed by atoms with Gasteiger partial charge in [0.05, 0.1) is 17.0 Å². The molecular weight excluding hydrogens is 456 g/mol. The summed E-state index contributed by atoms with van der Waals surface area (Å²) < 4.78 is 0.860. The van der Waals surface area contributed by atoms with E-state index in [1.165, 1.54) is 0 Å². The molecule has 3 N–H and O–H groups in total. The van der Waals surface area contributed by atoms with Gasteiger partial charge >= 0.3 is 0 Å². The highest BCUT2D eigenvalue weighted by Crippen LogP contribution is 2.16. The zero-order valence-corrected chi connectivity index (χ0v) is 17.5. The van der Waals surface area contributed by atoms with Gasteiger partial charge in [0, 0.05) is 15.5 Å². The van der Waals surface area contributed by atoms with Crippen LogP contribution in [0.4, 0.5) is 5.69 Å². The molecule has 0 saturated carbocycles. The van der Waals surface area contributed by atoms with Crippen LogP contribution in [0.1, 0.15) is 10.5 Å². The molecule has 1 aromatic heterocycles.